The highest BCUT2D eigenvalue weighted by atomic mass is 16.5. The Morgan fingerprint density at radius 3 is 2.84 bits per heavy atom. The number of aromatic nitrogens is 3. The van der Waals surface area contributed by atoms with Crippen LogP contribution in [0.1, 0.15) is 28.0 Å². The zero-order valence-electron chi connectivity index (χ0n) is 14.4. The van der Waals surface area contributed by atoms with Crippen LogP contribution >= 0.6 is 0 Å². The summed E-state index contributed by atoms with van der Waals surface area (Å²) >= 11 is 0. The molecular weight excluding hydrogens is 324 g/mol. The number of methoxy groups -OCH3 is 2. The van der Waals surface area contributed by atoms with Gasteiger partial charge in [0.25, 0.3) is 11.5 Å². The highest BCUT2D eigenvalue weighted by molar-refractivity contribution is 5.96. The van der Waals surface area contributed by atoms with Gasteiger partial charge in [-0.15, -0.1) is 0 Å². The summed E-state index contributed by atoms with van der Waals surface area (Å²) < 4.78 is 11.6. The third-order valence-corrected chi connectivity index (χ3v) is 4.27. The molecule has 1 amide bonds. The first-order valence-corrected chi connectivity index (χ1v) is 7.97. The number of nitrogens with one attached hydrogen (secondary N) is 1. The molecule has 0 aromatic carbocycles. The van der Waals surface area contributed by atoms with E-state index in [1.807, 2.05) is 0 Å². The minimum absolute atomic E-state index is 0.0688. The lowest BCUT2D eigenvalue weighted by molar-refractivity contribution is 0.0929. The first-order valence-electron chi connectivity index (χ1n) is 7.97. The molecule has 8 nitrogen and oxygen atoms in total. The van der Waals surface area contributed by atoms with E-state index in [2.05, 4.69) is 15.4 Å². The van der Waals surface area contributed by atoms with Crippen LogP contribution in [-0.4, -0.2) is 40.9 Å². The van der Waals surface area contributed by atoms with Crippen molar-refractivity contribution in [3.8, 4) is 11.8 Å². The second-order valence-electron chi connectivity index (χ2n) is 5.90. The number of rotatable bonds is 4. The van der Waals surface area contributed by atoms with Crippen LogP contribution in [0.25, 0.3) is 0 Å². The van der Waals surface area contributed by atoms with E-state index in [1.54, 1.807) is 25.2 Å². The Morgan fingerprint density at radius 1 is 1.32 bits per heavy atom. The van der Waals surface area contributed by atoms with Crippen LogP contribution in [0.2, 0.25) is 0 Å². The molecule has 2 aromatic rings. The first kappa shape index (κ1) is 16.9. The fourth-order valence-corrected chi connectivity index (χ4v) is 2.94. The van der Waals surface area contributed by atoms with Crippen molar-refractivity contribution in [2.45, 2.75) is 25.3 Å². The van der Waals surface area contributed by atoms with Crippen LogP contribution in [-0.2, 0) is 19.9 Å². The predicted octanol–water partition coefficient (Wildman–Crippen LogP) is 0.480. The van der Waals surface area contributed by atoms with Crippen molar-refractivity contribution in [1.29, 1.82) is 0 Å². The molecule has 0 fully saturated rings. The Morgan fingerprint density at radius 2 is 2.12 bits per heavy atom. The van der Waals surface area contributed by atoms with E-state index >= 15 is 0 Å². The quantitative estimate of drug-likeness (QED) is 0.867. The van der Waals surface area contributed by atoms with Gasteiger partial charge in [-0.05, 0) is 30.9 Å². The second kappa shape index (κ2) is 6.92. The number of carbonyl (C=O) groups excluding carboxylic acids is 1. The third-order valence-electron chi connectivity index (χ3n) is 4.27. The number of pyridine rings is 1. The van der Waals surface area contributed by atoms with Gasteiger partial charge in [-0.3, -0.25) is 9.59 Å². The van der Waals surface area contributed by atoms with Crippen LogP contribution in [0, 0.1) is 0 Å². The Hall–Kier alpha value is -2.90. The second-order valence-corrected chi connectivity index (χ2v) is 5.90. The van der Waals surface area contributed by atoms with E-state index in [4.69, 9.17) is 9.47 Å². The number of hydrogen-bond acceptors (Lipinski definition) is 6. The molecule has 0 bridgehead atoms. The summed E-state index contributed by atoms with van der Waals surface area (Å²) in [5, 5.41) is 7.26. The molecule has 1 atom stereocenters. The molecule has 1 aliphatic rings. The van der Waals surface area contributed by atoms with Gasteiger partial charge in [-0.2, -0.15) is 10.1 Å². The van der Waals surface area contributed by atoms with Crippen molar-refractivity contribution in [2.75, 3.05) is 14.2 Å². The summed E-state index contributed by atoms with van der Waals surface area (Å²) in [5.41, 5.74) is 2.00. The summed E-state index contributed by atoms with van der Waals surface area (Å²) in [6, 6.07) is 4.76. The normalized spacial score (nSPS) is 16.0. The molecule has 0 aliphatic heterocycles. The van der Waals surface area contributed by atoms with Gasteiger partial charge in [0.05, 0.1) is 19.9 Å². The molecule has 8 heteroatoms. The van der Waals surface area contributed by atoms with Gasteiger partial charge in [0.2, 0.25) is 11.8 Å². The number of fused-ring (bicyclic) bond motifs is 1. The summed E-state index contributed by atoms with van der Waals surface area (Å²) in [6.45, 7) is 0. The SMILES string of the molecule is COc1ccc(C(=O)N[C@@H]2CCc3nn(C)c(=O)cc3C2)c(OC)n1. The summed E-state index contributed by atoms with van der Waals surface area (Å²) in [6.07, 6.45) is 2.05. The topological polar surface area (TPSA) is 95.3 Å². The van der Waals surface area contributed by atoms with Crippen LogP contribution in [0.4, 0.5) is 0 Å². The number of ether oxygens (including phenoxy) is 2. The third kappa shape index (κ3) is 3.47. The molecule has 132 valence electrons. The predicted molar refractivity (Wildman–Crippen MR) is 90.1 cm³/mol. The maximum Gasteiger partial charge on any atom is 0.266 e. The Kier molecular flexibility index (Phi) is 4.69. The van der Waals surface area contributed by atoms with Gasteiger partial charge in [0, 0.05) is 25.2 Å². The number of hydrogen-bond donors (Lipinski definition) is 1. The van der Waals surface area contributed by atoms with Crippen molar-refractivity contribution < 1.29 is 14.3 Å². The molecule has 0 saturated carbocycles. The lowest BCUT2D eigenvalue weighted by Crippen LogP contribution is -2.40. The average molecular weight is 344 g/mol. The van der Waals surface area contributed by atoms with Gasteiger partial charge in [-0.1, -0.05) is 0 Å². The smallest absolute Gasteiger partial charge is 0.266 e. The molecule has 0 unspecified atom stereocenters. The highest BCUT2D eigenvalue weighted by Gasteiger charge is 2.24. The molecule has 1 aliphatic carbocycles. The highest BCUT2D eigenvalue weighted by Crippen LogP contribution is 2.22. The fraction of sp³-hybridized carbons (Fsp3) is 0.412. The zero-order valence-corrected chi connectivity index (χ0v) is 14.4. The van der Waals surface area contributed by atoms with Gasteiger partial charge < -0.3 is 14.8 Å². The standard InChI is InChI=1S/C17H20N4O4/c1-21-15(22)9-10-8-11(4-6-13(10)20-21)18-16(23)12-5-7-14(24-2)19-17(12)25-3/h5,7,9,11H,4,6,8H2,1-3H3,(H,18,23)/t11-/m1/s1. The maximum absolute atomic E-state index is 12.6. The van der Waals surface area contributed by atoms with Crippen LogP contribution in [0.5, 0.6) is 11.8 Å². The van der Waals surface area contributed by atoms with E-state index in [0.717, 1.165) is 17.7 Å². The molecule has 0 saturated heterocycles. The summed E-state index contributed by atoms with van der Waals surface area (Å²) in [7, 11) is 4.59. The summed E-state index contributed by atoms with van der Waals surface area (Å²) in [4.78, 5) is 28.5. The first-order chi connectivity index (χ1) is 12.0. The van der Waals surface area contributed by atoms with Crippen molar-refractivity contribution in [1.82, 2.24) is 20.1 Å². The zero-order chi connectivity index (χ0) is 18.0. The van der Waals surface area contributed by atoms with Gasteiger partial charge >= 0.3 is 0 Å². The van der Waals surface area contributed by atoms with Crippen molar-refractivity contribution >= 4 is 5.91 Å². The minimum atomic E-state index is -0.266. The molecule has 0 spiro atoms. The molecule has 25 heavy (non-hydrogen) atoms. The number of amides is 1. The van der Waals surface area contributed by atoms with Crippen molar-refractivity contribution in [2.24, 2.45) is 7.05 Å². The van der Waals surface area contributed by atoms with Crippen molar-refractivity contribution in [3.63, 3.8) is 0 Å². The molecular formula is C17H20N4O4. The van der Waals surface area contributed by atoms with Gasteiger partial charge in [0.1, 0.15) is 5.56 Å². The fourth-order valence-electron chi connectivity index (χ4n) is 2.94. The van der Waals surface area contributed by atoms with Crippen molar-refractivity contribution in [3.05, 3.63) is 45.4 Å². The minimum Gasteiger partial charge on any atom is -0.481 e. The van der Waals surface area contributed by atoms with E-state index < -0.39 is 0 Å². The number of carbonyl (C=O) groups is 1. The Bertz CT molecular complexity index is 862. The average Bonchev–Trinajstić information content (AvgIpc) is 2.62. The summed E-state index contributed by atoms with van der Waals surface area (Å²) in [5.74, 6) is 0.322. The molecule has 0 radical (unpaired) electrons. The van der Waals surface area contributed by atoms with E-state index in [9.17, 15) is 9.59 Å². The number of aryl methyl sites for hydroxylation is 2. The molecule has 2 aromatic heterocycles. The van der Waals surface area contributed by atoms with Crippen LogP contribution in [0.15, 0.2) is 23.0 Å². The lowest BCUT2D eigenvalue weighted by Gasteiger charge is -2.25. The van der Waals surface area contributed by atoms with Gasteiger partial charge in [-0.25, -0.2) is 4.68 Å². The van der Waals surface area contributed by atoms with E-state index in [-0.39, 0.29) is 23.4 Å². The lowest BCUT2D eigenvalue weighted by atomic mass is 9.92. The van der Waals surface area contributed by atoms with Crippen LogP contribution < -0.4 is 20.3 Å². The van der Waals surface area contributed by atoms with E-state index in [0.29, 0.717) is 24.3 Å². The Labute approximate surface area is 144 Å². The van der Waals surface area contributed by atoms with Crippen LogP contribution in [0.3, 0.4) is 0 Å². The van der Waals surface area contributed by atoms with Gasteiger partial charge in [0.15, 0.2) is 0 Å². The maximum atomic E-state index is 12.6. The monoisotopic (exact) mass is 344 g/mol. The number of nitrogens with zero attached hydrogens (tertiary/aromatic N) is 3. The van der Waals surface area contributed by atoms with E-state index in [1.165, 1.54) is 18.9 Å². The Balaban J connectivity index is 1.76. The molecule has 3 rings (SSSR count). The largest absolute Gasteiger partial charge is 0.481 e. The molecule has 2 heterocycles. The molecule has 1 N–H and O–H groups in total.